The molecule has 0 aromatic heterocycles. The van der Waals surface area contributed by atoms with Crippen LogP contribution in [0.4, 0.5) is 11.4 Å². The van der Waals surface area contributed by atoms with Crippen molar-refractivity contribution >= 4 is 28.9 Å². The van der Waals surface area contributed by atoms with Crippen LogP contribution in [0, 0.1) is 0 Å². The summed E-state index contributed by atoms with van der Waals surface area (Å²) < 4.78 is 0. The molecule has 0 unspecified atom stereocenters. The maximum Gasteiger partial charge on any atom is 0.243 e. The summed E-state index contributed by atoms with van der Waals surface area (Å²) in [7, 11) is 0. The second kappa shape index (κ2) is 4.08. The molecule has 3 N–H and O–H groups in total. The van der Waals surface area contributed by atoms with Crippen LogP contribution in [0.1, 0.15) is 0 Å². The van der Waals surface area contributed by atoms with Gasteiger partial charge in [-0.05, 0) is 18.2 Å². The zero-order valence-corrected chi connectivity index (χ0v) is 8.92. The standard InChI is InChI=1S/C10H12ClN3O/c11-7-1-2-8-9(5-7)14(4-3-12)6-10(15)13-8/h1-2,5H,3-4,6,12H2,(H,13,15). The molecule has 5 heteroatoms. The van der Waals surface area contributed by atoms with E-state index >= 15 is 0 Å². The third-order valence-electron chi connectivity index (χ3n) is 2.31. The summed E-state index contributed by atoms with van der Waals surface area (Å²) in [6, 6.07) is 5.40. The van der Waals surface area contributed by atoms with Gasteiger partial charge in [-0.15, -0.1) is 0 Å². The number of hydrogen-bond acceptors (Lipinski definition) is 3. The molecule has 1 aromatic carbocycles. The molecule has 1 aliphatic rings. The minimum atomic E-state index is -0.0155. The molecular formula is C10H12ClN3O. The van der Waals surface area contributed by atoms with E-state index in [4.69, 9.17) is 17.3 Å². The van der Waals surface area contributed by atoms with Gasteiger partial charge >= 0.3 is 0 Å². The fraction of sp³-hybridized carbons (Fsp3) is 0.300. The van der Waals surface area contributed by atoms with E-state index in [2.05, 4.69) is 5.32 Å². The van der Waals surface area contributed by atoms with Crippen molar-refractivity contribution < 1.29 is 4.79 Å². The Labute approximate surface area is 93.0 Å². The summed E-state index contributed by atoms with van der Waals surface area (Å²) >= 11 is 5.91. The van der Waals surface area contributed by atoms with Crippen LogP contribution in [0.3, 0.4) is 0 Å². The third-order valence-corrected chi connectivity index (χ3v) is 2.54. The average Bonchev–Trinajstić information content (AvgIpc) is 2.19. The lowest BCUT2D eigenvalue weighted by Crippen LogP contribution is -2.40. The predicted molar refractivity (Wildman–Crippen MR) is 61.3 cm³/mol. The zero-order chi connectivity index (χ0) is 10.8. The van der Waals surface area contributed by atoms with E-state index in [0.717, 1.165) is 11.4 Å². The number of hydrogen-bond donors (Lipinski definition) is 2. The Morgan fingerprint density at radius 3 is 3.07 bits per heavy atom. The Balaban J connectivity index is 2.38. The molecule has 0 saturated heterocycles. The lowest BCUT2D eigenvalue weighted by atomic mass is 10.2. The predicted octanol–water partition coefficient (Wildman–Crippen LogP) is 1.06. The van der Waals surface area contributed by atoms with Crippen LogP contribution in [-0.2, 0) is 4.79 Å². The Morgan fingerprint density at radius 2 is 2.33 bits per heavy atom. The Kier molecular flexibility index (Phi) is 2.79. The van der Waals surface area contributed by atoms with Crippen LogP contribution in [0.25, 0.3) is 0 Å². The van der Waals surface area contributed by atoms with Crippen LogP contribution in [0.15, 0.2) is 18.2 Å². The van der Waals surface area contributed by atoms with E-state index in [1.54, 1.807) is 12.1 Å². The lowest BCUT2D eigenvalue weighted by Gasteiger charge is -2.30. The summed E-state index contributed by atoms with van der Waals surface area (Å²) in [6.07, 6.45) is 0. The highest BCUT2D eigenvalue weighted by molar-refractivity contribution is 6.31. The number of carbonyl (C=O) groups excluding carboxylic acids is 1. The quantitative estimate of drug-likeness (QED) is 0.791. The van der Waals surface area contributed by atoms with E-state index in [0.29, 0.717) is 24.7 Å². The number of benzene rings is 1. The number of rotatable bonds is 2. The zero-order valence-electron chi connectivity index (χ0n) is 8.16. The van der Waals surface area contributed by atoms with Gasteiger partial charge in [0.1, 0.15) is 0 Å². The van der Waals surface area contributed by atoms with Gasteiger partial charge in [0.2, 0.25) is 5.91 Å². The first kappa shape index (κ1) is 10.3. The van der Waals surface area contributed by atoms with Crippen molar-refractivity contribution in [3.8, 4) is 0 Å². The molecule has 0 fully saturated rings. The van der Waals surface area contributed by atoms with E-state index < -0.39 is 0 Å². The number of fused-ring (bicyclic) bond motifs is 1. The summed E-state index contributed by atoms with van der Waals surface area (Å²) in [6.45, 7) is 1.50. The van der Waals surface area contributed by atoms with Crippen molar-refractivity contribution in [2.45, 2.75) is 0 Å². The van der Waals surface area contributed by atoms with Gasteiger partial charge in [-0.3, -0.25) is 4.79 Å². The molecule has 0 radical (unpaired) electrons. The second-order valence-electron chi connectivity index (χ2n) is 3.42. The van der Waals surface area contributed by atoms with Gasteiger partial charge in [-0.2, -0.15) is 0 Å². The van der Waals surface area contributed by atoms with Gasteiger partial charge in [0, 0.05) is 18.1 Å². The third kappa shape index (κ3) is 2.06. The highest BCUT2D eigenvalue weighted by atomic mass is 35.5. The summed E-state index contributed by atoms with van der Waals surface area (Å²) in [5.41, 5.74) is 7.23. The van der Waals surface area contributed by atoms with Crippen molar-refractivity contribution in [2.24, 2.45) is 5.73 Å². The number of halogens is 1. The van der Waals surface area contributed by atoms with Crippen molar-refractivity contribution in [1.82, 2.24) is 0 Å². The topological polar surface area (TPSA) is 58.4 Å². The first-order valence-electron chi connectivity index (χ1n) is 4.75. The van der Waals surface area contributed by atoms with Gasteiger partial charge in [0.25, 0.3) is 0 Å². The number of nitrogens with two attached hydrogens (primary N) is 1. The molecule has 0 atom stereocenters. The fourth-order valence-corrected chi connectivity index (χ4v) is 1.84. The number of amides is 1. The summed E-state index contributed by atoms with van der Waals surface area (Å²) in [5.74, 6) is -0.0155. The van der Waals surface area contributed by atoms with Gasteiger partial charge in [-0.1, -0.05) is 11.6 Å². The maximum atomic E-state index is 11.4. The molecule has 0 bridgehead atoms. The molecule has 1 amide bonds. The normalized spacial score (nSPS) is 14.8. The monoisotopic (exact) mass is 225 g/mol. The van der Waals surface area contributed by atoms with Crippen molar-refractivity contribution in [3.63, 3.8) is 0 Å². The molecule has 80 valence electrons. The number of nitrogens with zero attached hydrogens (tertiary/aromatic N) is 1. The van der Waals surface area contributed by atoms with Crippen LogP contribution < -0.4 is 16.0 Å². The molecule has 1 aliphatic heterocycles. The van der Waals surface area contributed by atoms with Gasteiger partial charge in [0.05, 0.1) is 17.9 Å². The molecule has 2 rings (SSSR count). The van der Waals surface area contributed by atoms with Crippen LogP contribution >= 0.6 is 11.6 Å². The van der Waals surface area contributed by atoms with Gasteiger partial charge in [-0.25, -0.2) is 0 Å². The van der Waals surface area contributed by atoms with Crippen LogP contribution in [0.2, 0.25) is 5.02 Å². The highest BCUT2D eigenvalue weighted by Gasteiger charge is 2.21. The maximum absolute atomic E-state index is 11.4. The second-order valence-corrected chi connectivity index (χ2v) is 3.86. The number of carbonyl (C=O) groups is 1. The average molecular weight is 226 g/mol. The Morgan fingerprint density at radius 1 is 1.53 bits per heavy atom. The summed E-state index contributed by atoms with van der Waals surface area (Å²) in [4.78, 5) is 13.3. The molecule has 1 aromatic rings. The molecule has 15 heavy (non-hydrogen) atoms. The number of nitrogens with one attached hydrogen (secondary N) is 1. The largest absolute Gasteiger partial charge is 0.359 e. The highest BCUT2D eigenvalue weighted by Crippen LogP contribution is 2.31. The summed E-state index contributed by atoms with van der Waals surface area (Å²) in [5, 5.41) is 3.45. The number of anilines is 2. The molecular weight excluding hydrogens is 214 g/mol. The van der Waals surface area contributed by atoms with Crippen LogP contribution in [0.5, 0.6) is 0 Å². The first-order valence-corrected chi connectivity index (χ1v) is 5.13. The first-order chi connectivity index (χ1) is 7.20. The molecule has 4 nitrogen and oxygen atoms in total. The fourth-order valence-electron chi connectivity index (χ4n) is 1.68. The minimum absolute atomic E-state index is 0.0155. The molecule has 0 spiro atoms. The Bertz CT molecular complexity index is 394. The van der Waals surface area contributed by atoms with E-state index in [1.807, 2.05) is 11.0 Å². The van der Waals surface area contributed by atoms with Crippen molar-refractivity contribution in [1.29, 1.82) is 0 Å². The smallest absolute Gasteiger partial charge is 0.243 e. The molecule has 1 heterocycles. The SMILES string of the molecule is NCCN1CC(=O)Nc2ccc(Cl)cc21. The van der Waals surface area contributed by atoms with Gasteiger partial charge in [0.15, 0.2) is 0 Å². The van der Waals surface area contributed by atoms with E-state index in [1.165, 1.54) is 0 Å². The van der Waals surface area contributed by atoms with Crippen molar-refractivity contribution in [2.75, 3.05) is 29.9 Å². The molecule has 0 aliphatic carbocycles. The van der Waals surface area contributed by atoms with E-state index in [-0.39, 0.29) is 5.91 Å². The minimum Gasteiger partial charge on any atom is -0.359 e. The lowest BCUT2D eigenvalue weighted by molar-refractivity contribution is -0.115. The van der Waals surface area contributed by atoms with Gasteiger partial charge < -0.3 is 16.0 Å². The van der Waals surface area contributed by atoms with Crippen LogP contribution in [-0.4, -0.2) is 25.5 Å². The van der Waals surface area contributed by atoms with E-state index in [9.17, 15) is 4.79 Å². The molecule has 0 saturated carbocycles. The Hall–Kier alpha value is -1.26. The van der Waals surface area contributed by atoms with Crippen molar-refractivity contribution in [3.05, 3.63) is 23.2 Å².